The molecule has 0 spiro atoms. The maximum absolute atomic E-state index is 12.1. The number of rotatable bonds is 0. The van der Waals surface area contributed by atoms with Gasteiger partial charge in [-0.3, -0.25) is 0 Å². The summed E-state index contributed by atoms with van der Waals surface area (Å²) in [6.45, 7) is 7.13. The van der Waals surface area contributed by atoms with Crippen molar-refractivity contribution in [3.8, 4) is 5.75 Å². The van der Waals surface area contributed by atoms with Crippen molar-refractivity contribution in [1.82, 2.24) is 9.55 Å². The molecule has 0 saturated carbocycles. The number of ether oxygens (including phenoxy) is 1. The largest absolute Gasteiger partial charge is 0.508 e. The van der Waals surface area contributed by atoms with Crippen molar-refractivity contribution in [2.24, 2.45) is 0 Å². The summed E-state index contributed by atoms with van der Waals surface area (Å²) in [5.74, 6) is 0.622. The van der Waals surface area contributed by atoms with E-state index in [0.29, 0.717) is 16.9 Å². The molecule has 5 heteroatoms. The first-order chi connectivity index (χ1) is 8.28. The average molecular weight is 248 g/mol. The molecule has 0 fully saturated rings. The maximum Gasteiger partial charge on any atom is 0.420 e. The van der Waals surface area contributed by atoms with Gasteiger partial charge in [0.2, 0.25) is 0 Å². The highest BCUT2D eigenvalue weighted by Gasteiger charge is 2.21. The molecule has 1 heterocycles. The van der Waals surface area contributed by atoms with Crippen LogP contribution in [0.15, 0.2) is 18.2 Å². The number of carbonyl (C=O) groups is 1. The van der Waals surface area contributed by atoms with E-state index in [4.69, 9.17) is 4.74 Å². The number of benzene rings is 1. The van der Waals surface area contributed by atoms with Gasteiger partial charge in [-0.2, -0.15) is 0 Å². The van der Waals surface area contributed by atoms with Gasteiger partial charge in [0.1, 0.15) is 17.2 Å². The van der Waals surface area contributed by atoms with Crippen LogP contribution in [-0.4, -0.2) is 26.4 Å². The highest BCUT2D eigenvalue weighted by molar-refractivity contribution is 5.88. The summed E-state index contributed by atoms with van der Waals surface area (Å²) in [7, 11) is 0. The van der Waals surface area contributed by atoms with Crippen LogP contribution >= 0.6 is 0 Å². The van der Waals surface area contributed by atoms with Crippen LogP contribution in [0.2, 0.25) is 0 Å². The fraction of sp³-hybridized carbons (Fsp3) is 0.385. The molecule has 0 aliphatic heterocycles. The summed E-state index contributed by atoms with van der Waals surface area (Å²) in [6, 6.07) is 4.70. The first kappa shape index (κ1) is 12.4. The molecule has 96 valence electrons. The molecule has 2 rings (SSSR count). The van der Waals surface area contributed by atoms with E-state index in [0.717, 1.165) is 0 Å². The van der Waals surface area contributed by atoms with E-state index < -0.39 is 11.7 Å². The molecule has 2 aromatic rings. The first-order valence-corrected chi connectivity index (χ1v) is 5.69. The van der Waals surface area contributed by atoms with Crippen molar-refractivity contribution in [3.63, 3.8) is 0 Å². The van der Waals surface area contributed by atoms with Gasteiger partial charge in [0, 0.05) is 6.07 Å². The van der Waals surface area contributed by atoms with Crippen LogP contribution in [0.5, 0.6) is 5.75 Å². The van der Waals surface area contributed by atoms with Crippen LogP contribution in [0.3, 0.4) is 0 Å². The Kier molecular flexibility index (Phi) is 2.77. The van der Waals surface area contributed by atoms with Crippen molar-refractivity contribution in [2.45, 2.75) is 33.3 Å². The summed E-state index contributed by atoms with van der Waals surface area (Å²) in [5, 5.41) is 9.49. The number of phenols is 1. The van der Waals surface area contributed by atoms with E-state index in [1.54, 1.807) is 33.8 Å². The molecule has 0 aliphatic rings. The number of hydrogen-bond donors (Lipinski definition) is 1. The molecule has 0 radical (unpaired) electrons. The highest BCUT2D eigenvalue weighted by atomic mass is 16.6. The Hall–Kier alpha value is -2.04. The van der Waals surface area contributed by atoms with Gasteiger partial charge >= 0.3 is 6.09 Å². The lowest BCUT2D eigenvalue weighted by Crippen LogP contribution is -2.27. The van der Waals surface area contributed by atoms with Crippen molar-refractivity contribution in [1.29, 1.82) is 0 Å². The summed E-state index contributed by atoms with van der Waals surface area (Å²) in [5.41, 5.74) is 0.620. The van der Waals surface area contributed by atoms with Gasteiger partial charge in [0.15, 0.2) is 0 Å². The molecule has 0 amide bonds. The Morgan fingerprint density at radius 2 is 2.06 bits per heavy atom. The Morgan fingerprint density at radius 3 is 2.67 bits per heavy atom. The van der Waals surface area contributed by atoms with Gasteiger partial charge in [0.25, 0.3) is 0 Å². The smallest absolute Gasteiger partial charge is 0.420 e. The number of carbonyl (C=O) groups excluding carboxylic acids is 1. The predicted octanol–water partition coefficient (Wildman–Crippen LogP) is 2.83. The SMILES string of the molecule is Cc1nc2ccc(O)cc2n1C(=O)OC(C)(C)C. The van der Waals surface area contributed by atoms with Gasteiger partial charge in [-0.1, -0.05) is 0 Å². The van der Waals surface area contributed by atoms with E-state index in [1.165, 1.54) is 16.7 Å². The number of fused-ring (bicyclic) bond motifs is 1. The van der Waals surface area contributed by atoms with Crippen molar-refractivity contribution < 1.29 is 14.6 Å². The van der Waals surface area contributed by atoms with Crippen LogP contribution in [0.25, 0.3) is 11.0 Å². The quantitative estimate of drug-likeness (QED) is 0.778. The topological polar surface area (TPSA) is 64.4 Å². The summed E-state index contributed by atoms with van der Waals surface area (Å²) < 4.78 is 6.67. The first-order valence-electron chi connectivity index (χ1n) is 5.69. The third-order valence-corrected chi connectivity index (χ3v) is 2.38. The number of imidazole rings is 1. The van der Waals surface area contributed by atoms with Gasteiger partial charge in [0.05, 0.1) is 11.0 Å². The molecule has 5 nitrogen and oxygen atoms in total. The zero-order valence-electron chi connectivity index (χ0n) is 10.9. The number of phenolic OH excluding ortho intramolecular Hbond substituents is 1. The molecular formula is C13H16N2O3. The molecule has 18 heavy (non-hydrogen) atoms. The van der Waals surface area contributed by atoms with Gasteiger partial charge in [-0.05, 0) is 39.8 Å². The lowest BCUT2D eigenvalue weighted by Gasteiger charge is -2.20. The van der Waals surface area contributed by atoms with Crippen molar-refractivity contribution >= 4 is 17.1 Å². The number of aromatic hydroxyl groups is 1. The molecule has 0 unspecified atom stereocenters. The monoisotopic (exact) mass is 248 g/mol. The fourth-order valence-electron chi connectivity index (χ4n) is 1.72. The van der Waals surface area contributed by atoms with Crippen LogP contribution in [0, 0.1) is 6.92 Å². The van der Waals surface area contributed by atoms with E-state index in [2.05, 4.69) is 4.98 Å². The van der Waals surface area contributed by atoms with Crippen LogP contribution in [0.4, 0.5) is 4.79 Å². The normalized spacial score (nSPS) is 11.8. The van der Waals surface area contributed by atoms with Crippen LogP contribution in [-0.2, 0) is 4.74 Å². The molecular weight excluding hydrogens is 232 g/mol. The minimum absolute atomic E-state index is 0.0900. The van der Waals surface area contributed by atoms with E-state index in [1.807, 2.05) is 0 Å². The highest BCUT2D eigenvalue weighted by Crippen LogP contribution is 2.22. The molecule has 1 aromatic heterocycles. The Morgan fingerprint density at radius 1 is 1.39 bits per heavy atom. The number of aryl methyl sites for hydroxylation is 1. The summed E-state index contributed by atoms with van der Waals surface area (Å²) >= 11 is 0. The maximum atomic E-state index is 12.1. The third kappa shape index (κ3) is 2.30. The lowest BCUT2D eigenvalue weighted by molar-refractivity contribution is 0.0540. The molecule has 0 atom stereocenters. The Labute approximate surface area is 105 Å². The number of aromatic nitrogens is 2. The van der Waals surface area contributed by atoms with Crippen molar-refractivity contribution in [2.75, 3.05) is 0 Å². The zero-order valence-corrected chi connectivity index (χ0v) is 10.9. The van der Waals surface area contributed by atoms with Gasteiger partial charge < -0.3 is 9.84 Å². The molecule has 0 aliphatic carbocycles. The van der Waals surface area contributed by atoms with Gasteiger partial charge in [-0.15, -0.1) is 0 Å². The molecule has 0 saturated heterocycles. The average Bonchev–Trinajstić information content (AvgIpc) is 2.50. The predicted molar refractivity (Wildman–Crippen MR) is 67.8 cm³/mol. The minimum Gasteiger partial charge on any atom is -0.508 e. The van der Waals surface area contributed by atoms with Crippen LogP contribution < -0.4 is 0 Å². The second kappa shape index (κ2) is 4.01. The fourth-order valence-corrected chi connectivity index (χ4v) is 1.72. The second-order valence-electron chi connectivity index (χ2n) is 5.15. The zero-order chi connectivity index (χ0) is 13.5. The number of hydrogen-bond acceptors (Lipinski definition) is 4. The molecule has 0 bridgehead atoms. The van der Waals surface area contributed by atoms with E-state index >= 15 is 0 Å². The van der Waals surface area contributed by atoms with E-state index in [9.17, 15) is 9.90 Å². The second-order valence-corrected chi connectivity index (χ2v) is 5.15. The Bertz CT molecular complexity index is 608. The summed E-state index contributed by atoms with van der Waals surface area (Å²) in [4.78, 5) is 16.3. The third-order valence-electron chi connectivity index (χ3n) is 2.38. The van der Waals surface area contributed by atoms with Crippen molar-refractivity contribution in [3.05, 3.63) is 24.0 Å². The van der Waals surface area contributed by atoms with Crippen LogP contribution in [0.1, 0.15) is 26.6 Å². The molecule has 1 N–H and O–H groups in total. The lowest BCUT2D eigenvalue weighted by atomic mass is 10.2. The standard InChI is InChI=1S/C13H16N2O3/c1-8-14-10-6-5-9(16)7-11(10)15(8)12(17)18-13(2,3)4/h5-7,16H,1-4H3. The molecule has 1 aromatic carbocycles. The number of nitrogens with zero attached hydrogens (tertiary/aromatic N) is 2. The Balaban J connectivity index is 2.53. The summed E-state index contributed by atoms with van der Waals surface area (Å²) in [6.07, 6.45) is -0.493. The van der Waals surface area contributed by atoms with E-state index in [-0.39, 0.29) is 5.75 Å². The van der Waals surface area contributed by atoms with Gasteiger partial charge in [-0.25, -0.2) is 14.3 Å². The minimum atomic E-state index is -0.572.